The highest BCUT2D eigenvalue weighted by atomic mass is 32.2. The van der Waals surface area contributed by atoms with Gasteiger partial charge in [-0.05, 0) is 36.4 Å². The molecular formula is C22H24FN3O4S. The van der Waals surface area contributed by atoms with Gasteiger partial charge in [0, 0.05) is 37.0 Å². The minimum Gasteiger partial charge on any atom is -0.358 e. The van der Waals surface area contributed by atoms with E-state index in [-0.39, 0.29) is 25.2 Å². The summed E-state index contributed by atoms with van der Waals surface area (Å²) in [5, 5.41) is 2.44. The van der Waals surface area contributed by atoms with Crippen molar-refractivity contribution in [2.45, 2.75) is 18.7 Å². The molecule has 0 aliphatic carbocycles. The van der Waals surface area contributed by atoms with Crippen LogP contribution >= 0.6 is 0 Å². The van der Waals surface area contributed by atoms with Crippen molar-refractivity contribution in [3.05, 3.63) is 59.4 Å². The molecule has 164 valence electrons. The van der Waals surface area contributed by atoms with Crippen molar-refractivity contribution in [3.8, 4) is 12.3 Å². The summed E-state index contributed by atoms with van der Waals surface area (Å²) in [7, 11) is -2.71. The number of hydrogen-bond donors (Lipinski definition) is 1. The number of hydrogen-bond acceptors (Lipinski definition) is 4. The monoisotopic (exact) mass is 445 g/mol. The highest BCUT2D eigenvalue weighted by Crippen LogP contribution is 2.24. The maximum atomic E-state index is 14.4. The third kappa shape index (κ3) is 5.29. The lowest BCUT2D eigenvalue weighted by atomic mass is 10.1. The molecule has 0 unspecified atom stereocenters. The second kappa shape index (κ2) is 10.2. The number of benzene rings is 2. The predicted octanol–water partition coefficient (Wildman–Crippen LogP) is 2.23. The number of nitrogens with zero attached hydrogens (tertiary/aromatic N) is 2. The zero-order valence-electron chi connectivity index (χ0n) is 17.6. The molecule has 0 saturated carbocycles. The van der Waals surface area contributed by atoms with E-state index in [4.69, 9.17) is 6.42 Å². The normalized spacial score (nSPS) is 11.1. The average Bonchev–Trinajstić information content (AvgIpc) is 2.77. The van der Waals surface area contributed by atoms with Crippen molar-refractivity contribution < 1.29 is 22.4 Å². The summed E-state index contributed by atoms with van der Waals surface area (Å²) in [6.45, 7) is 3.24. The van der Waals surface area contributed by atoms with Gasteiger partial charge in [0.05, 0.1) is 0 Å². The molecule has 0 aliphatic rings. The van der Waals surface area contributed by atoms with Gasteiger partial charge < -0.3 is 5.32 Å². The summed E-state index contributed by atoms with van der Waals surface area (Å²) < 4.78 is 41.2. The van der Waals surface area contributed by atoms with Crippen LogP contribution in [0.2, 0.25) is 0 Å². The van der Waals surface area contributed by atoms with Gasteiger partial charge in [-0.3, -0.25) is 14.5 Å². The minimum atomic E-state index is -4.13. The molecule has 0 aromatic heterocycles. The number of rotatable bonds is 8. The standard InChI is InChI=1S/C22H24FN3O4S/c1-5-16-9-8-10-18(13-16)26(15-21(27)24-4)22(28)17-11-12-19(23)20(14-17)31(29,30)25(6-2)7-3/h1,8-14H,6-7,15H2,2-4H3,(H,24,27). The number of anilines is 1. The zero-order chi connectivity index (χ0) is 23.2. The number of carbonyl (C=O) groups excluding carboxylic acids is 2. The Hall–Kier alpha value is -3.22. The average molecular weight is 446 g/mol. The Labute approximate surface area is 181 Å². The number of sulfonamides is 1. The quantitative estimate of drug-likeness (QED) is 0.632. The van der Waals surface area contributed by atoms with Crippen LogP contribution in [0.3, 0.4) is 0 Å². The van der Waals surface area contributed by atoms with E-state index in [9.17, 15) is 22.4 Å². The Kier molecular flexibility index (Phi) is 7.91. The summed E-state index contributed by atoms with van der Waals surface area (Å²) >= 11 is 0. The molecule has 9 heteroatoms. The summed E-state index contributed by atoms with van der Waals surface area (Å²) in [5.74, 6) is 0.376. The predicted molar refractivity (Wildman–Crippen MR) is 117 cm³/mol. The van der Waals surface area contributed by atoms with Gasteiger partial charge in [-0.25, -0.2) is 12.8 Å². The van der Waals surface area contributed by atoms with E-state index in [0.717, 1.165) is 21.3 Å². The van der Waals surface area contributed by atoms with E-state index in [1.807, 2.05) is 0 Å². The molecule has 31 heavy (non-hydrogen) atoms. The molecule has 0 aliphatic heterocycles. The fourth-order valence-electron chi connectivity index (χ4n) is 2.96. The van der Waals surface area contributed by atoms with Crippen molar-refractivity contribution in [1.29, 1.82) is 0 Å². The first-order valence-electron chi connectivity index (χ1n) is 9.58. The van der Waals surface area contributed by atoms with Crippen LogP contribution in [-0.2, 0) is 14.8 Å². The fourth-order valence-corrected chi connectivity index (χ4v) is 4.51. The minimum absolute atomic E-state index is 0.0813. The first kappa shape index (κ1) is 24.1. The number of nitrogens with one attached hydrogen (secondary N) is 1. The second-order valence-corrected chi connectivity index (χ2v) is 8.40. The van der Waals surface area contributed by atoms with Gasteiger partial charge in [-0.15, -0.1) is 6.42 Å². The van der Waals surface area contributed by atoms with Gasteiger partial charge in [-0.1, -0.05) is 25.8 Å². The molecule has 2 aromatic rings. The Bertz CT molecular complexity index is 1120. The van der Waals surface area contributed by atoms with Gasteiger partial charge in [0.1, 0.15) is 17.3 Å². The Morgan fingerprint density at radius 1 is 1.13 bits per heavy atom. The molecule has 0 saturated heterocycles. The molecule has 0 atom stereocenters. The maximum Gasteiger partial charge on any atom is 0.258 e. The lowest BCUT2D eigenvalue weighted by Gasteiger charge is -2.23. The van der Waals surface area contributed by atoms with E-state index >= 15 is 0 Å². The molecule has 0 fully saturated rings. The smallest absolute Gasteiger partial charge is 0.258 e. The second-order valence-electron chi connectivity index (χ2n) is 6.49. The van der Waals surface area contributed by atoms with E-state index in [2.05, 4.69) is 11.2 Å². The van der Waals surface area contributed by atoms with Gasteiger partial charge in [0.15, 0.2) is 0 Å². The summed E-state index contributed by atoms with van der Waals surface area (Å²) in [6, 6.07) is 9.55. The largest absolute Gasteiger partial charge is 0.358 e. The molecule has 2 amide bonds. The number of halogens is 1. The van der Waals surface area contributed by atoms with E-state index in [1.165, 1.54) is 13.1 Å². The highest BCUT2D eigenvalue weighted by Gasteiger charge is 2.28. The molecule has 7 nitrogen and oxygen atoms in total. The summed E-state index contributed by atoms with van der Waals surface area (Å²) in [4.78, 5) is 25.8. The lowest BCUT2D eigenvalue weighted by molar-refractivity contribution is -0.119. The van der Waals surface area contributed by atoms with Gasteiger partial charge in [-0.2, -0.15) is 4.31 Å². The first-order chi connectivity index (χ1) is 14.7. The molecule has 0 bridgehead atoms. The van der Waals surface area contributed by atoms with Crippen LogP contribution in [-0.4, -0.2) is 51.2 Å². The van der Waals surface area contributed by atoms with Crippen LogP contribution in [0, 0.1) is 18.2 Å². The summed E-state index contributed by atoms with van der Waals surface area (Å²) in [6.07, 6.45) is 5.43. The molecular weight excluding hydrogens is 421 g/mol. The Balaban J connectivity index is 2.57. The van der Waals surface area contributed by atoms with Crippen LogP contribution < -0.4 is 10.2 Å². The van der Waals surface area contributed by atoms with Crippen molar-refractivity contribution in [3.63, 3.8) is 0 Å². The van der Waals surface area contributed by atoms with Gasteiger partial charge in [0.25, 0.3) is 5.91 Å². The number of terminal acetylenes is 1. The maximum absolute atomic E-state index is 14.4. The van der Waals surface area contributed by atoms with Crippen LogP contribution in [0.1, 0.15) is 29.8 Å². The molecule has 0 heterocycles. The third-order valence-electron chi connectivity index (χ3n) is 4.65. The molecule has 1 N–H and O–H groups in total. The molecule has 0 spiro atoms. The Morgan fingerprint density at radius 3 is 2.39 bits per heavy atom. The van der Waals surface area contributed by atoms with Gasteiger partial charge >= 0.3 is 0 Å². The molecule has 2 aromatic carbocycles. The number of amides is 2. The molecule has 0 radical (unpaired) electrons. The van der Waals surface area contributed by atoms with E-state index in [1.54, 1.807) is 38.1 Å². The SMILES string of the molecule is C#Cc1cccc(N(CC(=O)NC)C(=O)c2ccc(F)c(S(=O)(=O)N(CC)CC)c2)c1. The van der Waals surface area contributed by atoms with E-state index in [0.29, 0.717) is 11.3 Å². The van der Waals surface area contributed by atoms with E-state index < -0.39 is 32.6 Å². The van der Waals surface area contributed by atoms with Crippen molar-refractivity contribution in [2.75, 3.05) is 31.6 Å². The van der Waals surface area contributed by atoms with Crippen LogP contribution in [0.4, 0.5) is 10.1 Å². The van der Waals surface area contributed by atoms with Gasteiger partial charge in [0.2, 0.25) is 15.9 Å². The van der Waals surface area contributed by atoms with Crippen LogP contribution in [0.25, 0.3) is 0 Å². The van der Waals surface area contributed by atoms with Crippen molar-refractivity contribution >= 4 is 27.5 Å². The summed E-state index contributed by atoms with van der Waals surface area (Å²) in [5.41, 5.74) is 0.764. The lowest BCUT2D eigenvalue weighted by Crippen LogP contribution is -2.40. The Morgan fingerprint density at radius 2 is 1.81 bits per heavy atom. The van der Waals surface area contributed by atoms with Crippen molar-refractivity contribution in [1.82, 2.24) is 9.62 Å². The third-order valence-corrected chi connectivity index (χ3v) is 6.72. The van der Waals surface area contributed by atoms with Crippen LogP contribution in [0.15, 0.2) is 47.4 Å². The number of likely N-dealkylation sites (N-methyl/N-ethyl adjacent to an activating group) is 1. The first-order valence-corrected chi connectivity index (χ1v) is 11.0. The zero-order valence-corrected chi connectivity index (χ0v) is 18.4. The van der Waals surface area contributed by atoms with Crippen molar-refractivity contribution in [2.24, 2.45) is 0 Å². The fraction of sp³-hybridized carbons (Fsp3) is 0.273. The molecule has 2 rings (SSSR count). The van der Waals surface area contributed by atoms with Crippen LogP contribution in [0.5, 0.6) is 0 Å². The topological polar surface area (TPSA) is 86.8 Å². The highest BCUT2D eigenvalue weighted by molar-refractivity contribution is 7.89. The number of carbonyl (C=O) groups is 2.